The third-order valence-corrected chi connectivity index (χ3v) is 3.14. The molecular formula is C10H21N3O3S. The van der Waals surface area contributed by atoms with Crippen LogP contribution in [-0.4, -0.2) is 50.7 Å². The van der Waals surface area contributed by atoms with Gasteiger partial charge in [-0.15, -0.1) is 6.58 Å². The van der Waals surface area contributed by atoms with E-state index >= 15 is 0 Å². The number of hydrogen-bond donors (Lipinski definition) is 2. The molecule has 17 heavy (non-hydrogen) atoms. The van der Waals surface area contributed by atoms with E-state index < -0.39 is 10.0 Å². The second kappa shape index (κ2) is 7.29. The lowest BCUT2D eigenvalue weighted by Crippen LogP contribution is -2.43. The molecule has 2 amide bonds. The standard InChI is InChI=1S/C10H21N3O3S/c1-5-7-13(17(4,15)16)8-6-11-10(14)12-9(2)3/h5,9H,1,6-8H2,2-4H3,(H2,11,12,14). The van der Waals surface area contributed by atoms with E-state index in [4.69, 9.17) is 0 Å². The number of carbonyl (C=O) groups is 1. The Hall–Kier alpha value is -1.08. The number of nitrogens with one attached hydrogen (secondary N) is 2. The maximum atomic E-state index is 11.3. The highest BCUT2D eigenvalue weighted by Gasteiger charge is 2.14. The summed E-state index contributed by atoms with van der Waals surface area (Å²) >= 11 is 0. The number of sulfonamides is 1. The van der Waals surface area contributed by atoms with E-state index in [9.17, 15) is 13.2 Å². The molecule has 0 aliphatic heterocycles. The molecule has 0 aliphatic carbocycles. The molecule has 0 fully saturated rings. The zero-order valence-corrected chi connectivity index (χ0v) is 11.4. The van der Waals surface area contributed by atoms with Crippen LogP contribution in [-0.2, 0) is 10.0 Å². The molecule has 0 saturated carbocycles. The lowest BCUT2D eigenvalue weighted by atomic mass is 10.4. The average molecular weight is 263 g/mol. The highest BCUT2D eigenvalue weighted by Crippen LogP contribution is 1.96. The van der Waals surface area contributed by atoms with E-state index in [0.29, 0.717) is 0 Å². The molecule has 7 heteroatoms. The van der Waals surface area contributed by atoms with Crippen molar-refractivity contribution in [3.63, 3.8) is 0 Å². The first-order valence-corrected chi connectivity index (χ1v) is 7.22. The maximum absolute atomic E-state index is 11.3. The van der Waals surface area contributed by atoms with Gasteiger partial charge >= 0.3 is 6.03 Å². The Bertz CT molecular complexity index is 352. The van der Waals surface area contributed by atoms with Crippen LogP contribution in [0.3, 0.4) is 0 Å². The zero-order valence-electron chi connectivity index (χ0n) is 10.6. The molecule has 0 spiro atoms. The largest absolute Gasteiger partial charge is 0.337 e. The van der Waals surface area contributed by atoms with Gasteiger partial charge in [0.1, 0.15) is 0 Å². The van der Waals surface area contributed by atoms with Gasteiger partial charge in [-0.2, -0.15) is 4.31 Å². The number of amides is 2. The van der Waals surface area contributed by atoms with Crippen molar-refractivity contribution in [2.45, 2.75) is 19.9 Å². The number of nitrogens with zero attached hydrogens (tertiary/aromatic N) is 1. The highest BCUT2D eigenvalue weighted by molar-refractivity contribution is 7.88. The monoisotopic (exact) mass is 263 g/mol. The van der Waals surface area contributed by atoms with Gasteiger partial charge < -0.3 is 10.6 Å². The molecule has 0 aliphatic rings. The minimum absolute atomic E-state index is 0.0502. The topological polar surface area (TPSA) is 78.5 Å². The fraction of sp³-hybridized carbons (Fsp3) is 0.700. The molecule has 0 radical (unpaired) electrons. The van der Waals surface area contributed by atoms with Gasteiger partial charge in [-0.05, 0) is 13.8 Å². The third-order valence-electron chi connectivity index (χ3n) is 1.87. The first-order valence-electron chi connectivity index (χ1n) is 5.37. The van der Waals surface area contributed by atoms with Crippen LogP contribution >= 0.6 is 0 Å². The molecule has 0 aromatic rings. The van der Waals surface area contributed by atoms with Gasteiger partial charge in [0, 0.05) is 25.7 Å². The molecule has 0 bridgehead atoms. The van der Waals surface area contributed by atoms with Crippen molar-refractivity contribution in [1.29, 1.82) is 0 Å². The van der Waals surface area contributed by atoms with Crippen LogP contribution in [0, 0.1) is 0 Å². The maximum Gasteiger partial charge on any atom is 0.315 e. The van der Waals surface area contributed by atoms with Crippen LogP contribution in [0.1, 0.15) is 13.8 Å². The fourth-order valence-corrected chi connectivity index (χ4v) is 1.94. The van der Waals surface area contributed by atoms with E-state index in [1.165, 1.54) is 10.4 Å². The molecule has 0 rings (SSSR count). The summed E-state index contributed by atoms with van der Waals surface area (Å²) in [6.07, 6.45) is 2.64. The SMILES string of the molecule is C=CCN(CCNC(=O)NC(C)C)S(C)(=O)=O. The van der Waals surface area contributed by atoms with Gasteiger partial charge in [-0.1, -0.05) is 6.08 Å². The number of hydrogen-bond acceptors (Lipinski definition) is 3. The van der Waals surface area contributed by atoms with Gasteiger partial charge in [0.25, 0.3) is 0 Å². The zero-order chi connectivity index (χ0) is 13.5. The second-order valence-electron chi connectivity index (χ2n) is 3.96. The van der Waals surface area contributed by atoms with E-state index in [-0.39, 0.29) is 31.7 Å². The Labute approximate surface area is 103 Å². The first-order chi connectivity index (χ1) is 7.77. The summed E-state index contributed by atoms with van der Waals surface area (Å²) in [5.41, 5.74) is 0. The van der Waals surface area contributed by atoms with E-state index in [2.05, 4.69) is 17.2 Å². The Balaban J connectivity index is 4.07. The van der Waals surface area contributed by atoms with Gasteiger partial charge in [-0.3, -0.25) is 0 Å². The Morgan fingerprint density at radius 3 is 2.47 bits per heavy atom. The van der Waals surface area contributed by atoms with Crippen LogP contribution in [0.5, 0.6) is 0 Å². The van der Waals surface area contributed by atoms with Crippen LogP contribution in [0.4, 0.5) is 4.79 Å². The lowest BCUT2D eigenvalue weighted by molar-refractivity contribution is 0.237. The summed E-state index contributed by atoms with van der Waals surface area (Å²) < 4.78 is 23.9. The summed E-state index contributed by atoms with van der Waals surface area (Å²) in [5, 5.41) is 5.23. The van der Waals surface area contributed by atoms with Gasteiger partial charge in [-0.25, -0.2) is 13.2 Å². The van der Waals surface area contributed by atoms with E-state index in [1.54, 1.807) is 0 Å². The van der Waals surface area contributed by atoms with Crippen LogP contribution < -0.4 is 10.6 Å². The van der Waals surface area contributed by atoms with E-state index in [1.807, 2.05) is 13.8 Å². The minimum atomic E-state index is -3.26. The molecule has 0 aromatic heterocycles. The Morgan fingerprint density at radius 1 is 1.47 bits per heavy atom. The molecule has 6 nitrogen and oxygen atoms in total. The van der Waals surface area contributed by atoms with Gasteiger partial charge in [0.2, 0.25) is 10.0 Å². The molecule has 0 saturated heterocycles. The molecular weight excluding hydrogens is 242 g/mol. The number of urea groups is 1. The molecule has 0 atom stereocenters. The quantitative estimate of drug-likeness (QED) is 0.641. The summed E-state index contributed by atoms with van der Waals surface area (Å²) in [4.78, 5) is 11.2. The average Bonchev–Trinajstić information content (AvgIpc) is 2.13. The normalized spacial score (nSPS) is 11.6. The van der Waals surface area contributed by atoms with Crippen molar-refractivity contribution >= 4 is 16.1 Å². The van der Waals surface area contributed by atoms with Crippen LogP contribution in [0.15, 0.2) is 12.7 Å². The minimum Gasteiger partial charge on any atom is -0.337 e. The predicted octanol–water partition coefficient (Wildman–Crippen LogP) is 0.142. The Morgan fingerprint density at radius 2 is 2.06 bits per heavy atom. The molecule has 0 heterocycles. The van der Waals surface area contributed by atoms with Gasteiger partial charge in [0.15, 0.2) is 0 Å². The third kappa shape index (κ3) is 7.76. The molecule has 0 aromatic carbocycles. The fourth-order valence-electron chi connectivity index (χ4n) is 1.14. The molecule has 0 unspecified atom stereocenters. The highest BCUT2D eigenvalue weighted by atomic mass is 32.2. The summed E-state index contributed by atoms with van der Waals surface area (Å²) in [7, 11) is -3.26. The van der Waals surface area contributed by atoms with Crippen molar-refractivity contribution in [3.8, 4) is 0 Å². The van der Waals surface area contributed by atoms with Crippen molar-refractivity contribution < 1.29 is 13.2 Å². The Kier molecular flexibility index (Phi) is 6.82. The predicted molar refractivity (Wildman–Crippen MR) is 68.3 cm³/mol. The summed E-state index contributed by atoms with van der Waals surface area (Å²) in [5.74, 6) is 0. The second-order valence-corrected chi connectivity index (χ2v) is 5.95. The summed E-state index contributed by atoms with van der Waals surface area (Å²) in [6, 6.07) is -0.249. The first kappa shape index (κ1) is 15.9. The van der Waals surface area contributed by atoms with Crippen LogP contribution in [0.25, 0.3) is 0 Å². The molecule has 2 N–H and O–H groups in total. The van der Waals surface area contributed by atoms with Gasteiger partial charge in [0.05, 0.1) is 6.26 Å². The van der Waals surface area contributed by atoms with Crippen molar-refractivity contribution in [2.24, 2.45) is 0 Å². The van der Waals surface area contributed by atoms with Crippen molar-refractivity contribution in [2.75, 3.05) is 25.9 Å². The van der Waals surface area contributed by atoms with Crippen molar-refractivity contribution in [3.05, 3.63) is 12.7 Å². The number of carbonyl (C=O) groups excluding carboxylic acids is 1. The smallest absolute Gasteiger partial charge is 0.315 e. The number of rotatable bonds is 7. The van der Waals surface area contributed by atoms with E-state index in [0.717, 1.165) is 6.26 Å². The molecule has 100 valence electrons. The summed E-state index contributed by atoms with van der Waals surface area (Å²) in [6.45, 7) is 7.92. The van der Waals surface area contributed by atoms with Crippen molar-refractivity contribution in [1.82, 2.24) is 14.9 Å². The van der Waals surface area contributed by atoms with Crippen LogP contribution in [0.2, 0.25) is 0 Å². The lowest BCUT2D eigenvalue weighted by Gasteiger charge is -2.18.